The topological polar surface area (TPSA) is 69.3 Å². The highest BCUT2D eigenvalue weighted by atomic mass is 19.1. The molecule has 6 nitrogen and oxygen atoms in total. The molecule has 1 saturated heterocycles. The molecule has 25 heavy (non-hydrogen) atoms. The summed E-state index contributed by atoms with van der Waals surface area (Å²) in [5.41, 5.74) is 2.60. The van der Waals surface area contributed by atoms with Crippen molar-refractivity contribution in [2.45, 2.75) is 25.8 Å². The molecule has 0 spiro atoms. The van der Waals surface area contributed by atoms with Crippen molar-refractivity contribution in [2.24, 2.45) is 0 Å². The van der Waals surface area contributed by atoms with Crippen LogP contribution in [-0.2, 0) is 13.0 Å². The van der Waals surface area contributed by atoms with Crippen LogP contribution in [0.3, 0.4) is 0 Å². The van der Waals surface area contributed by atoms with E-state index in [0.29, 0.717) is 30.8 Å². The molecule has 1 N–H and O–H groups in total. The van der Waals surface area contributed by atoms with Gasteiger partial charge in [0, 0.05) is 42.9 Å². The molecule has 1 aromatic carbocycles. The Hall–Kier alpha value is -2.70. The molecular weight excluding hydrogens is 323 g/mol. The van der Waals surface area contributed by atoms with Crippen LogP contribution in [0.25, 0.3) is 0 Å². The van der Waals surface area contributed by atoms with Crippen LogP contribution in [0, 0.1) is 5.82 Å². The zero-order valence-corrected chi connectivity index (χ0v) is 13.8. The van der Waals surface area contributed by atoms with Crippen LogP contribution in [0.15, 0.2) is 24.3 Å². The molecule has 2 aromatic rings. The molecule has 3 heterocycles. The first-order chi connectivity index (χ1) is 12.1. The molecule has 0 unspecified atom stereocenters. The Morgan fingerprint density at radius 1 is 1.00 bits per heavy atom. The van der Waals surface area contributed by atoms with Gasteiger partial charge in [0.1, 0.15) is 5.82 Å². The fraction of sp³-hybridized carbons (Fsp3) is 0.389. The van der Waals surface area contributed by atoms with Crippen LogP contribution >= 0.6 is 0 Å². The van der Waals surface area contributed by atoms with Crippen molar-refractivity contribution < 1.29 is 14.0 Å². The molecule has 1 fully saturated rings. The maximum absolute atomic E-state index is 13.1. The fourth-order valence-electron chi connectivity index (χ4n) is 3.49. The highest BCUT2D eigenvalue weighted by Crippen LogP contribution is 2.24. The summed E-state index contributed by atoms with van der Waals surface area (Å²) in [6.45, 7) is 2.41. The van der Waals surface area contributed by atoms with Crippen molar-refractivity contribution in [3.63, 3.8) is 0 Å². The number of aromatic amines is 1. The molecule has 0 aliphatic carbocycles. The number of nitrogens with one attached hydrogen (secondary N) is 1. The highest BCUT2D eigenvalue weighted by Gasteiger charge is 2.31. The van der Waals surface area contributed by atoms with Crippen molar-refractivity contribution >= 4 is 11.8 Å². The zero-order chi connectivity index (χ0) is 17.4. The van der Waals surface area contributed by atoms with Gasteiger partial charge in [-0.15, -0.1) is 0 Å². The van der Waals surface area contributed by atoms with Crippen molar-refractivity contribution in [2.75, 3.05) is 19.6 Å². The number of fused-ring (bicyclic) bond motifs is 1. The smallest absolute Gasteiger partial charge is 0.274 e. The van der Waals surface area contributed by atoms with Gasteiger partial charge in [-0.1, -0.05) is 0 Å². The predicted molar refractivity (Wildman–Crippen MR) is 88.6 cm³/mol. The number of nitrogens with zero attached hydrogens (tertiary/aromatic N) is 3. The average Bonchev–Trinajstić information content (AvgIpc) is 3.30. The second-order valence-corrected chi connectivity index (χ2v) is 6.51. The molecule has 0 atom stereocenters. The monoisotopic (exact) mass is 342 g/mol. The van der Waals surface area contributed by atoms with E-state index in [1.165, 1.54) is 24.3 Å². The van der Waals surface area contributed by atoms with E-state index in [1.807, 2.05) is 4.90 Å². The Balaban J connectivity index is 1.56. The quantitative estimate of drug-likeness (QED) is 0.907. The van der Waals surface area contributed by atoms with Gasteiger partial charge < -0.3 is 9.80 Å². The Morgan fingerprint density at radius 2 is 1.72 bits per heavy atom. The number of benzene rings is 1. The van der Waals surface area contributed by atoms with E-state index in [4.69, 9.17) is 0 Å². The summed E-state index contributed by atoms with van der Waals surface area (Å²) >= 11 is 0. The lowest BCUT2D eigenvalue weighted by atomic mass is 10.0. The summed E-state index contributed by atoms with van der Waals surface area (Å²) in [6, 6.07) is 5.53. The first-order valence-corrected chi connectivity index (χ1v) is 8.54. The zero-order valence-electron chi connectivity index (χ0n) is 13.8. The van der Waals surface area contributed by atoms with E-state index in [2.05, 4.69) is 10.2 Å². The molecule has 130 valence electrons. The van der Waals surface area contributed by atoms with Crippen LogP contribution in [-0.4, -0.2) is 51.4 Å². The number of hydrogen-bond donors (Lipinski definition) is 1. The second kappa shape index (κ2) is 6.31. The number of aromatic nitrogens is 2. The minimum Gasteiger partial charge on any atom is -0.337 e. The summed E-state index contributed by atoms with van der Waals surface area (Å²) < 4.78 is 13.1. The van der Waals surface area contributed by atoms with Gasteiger partial charge in [-0.05, 0) is 37.1 Å². The normalized spacial score (nSPS) is 16.8. The molecule has 7 heteroatoms. The molecular formula is C18H19FN4O2. The number of halogens is 1. The second-order valence-electron chi connectivity index (χ2n) is 6.51. The maximum atomic E-state index is 13.1. The molecule has 4 rings (SSSR count). The summed E-state index contributed by atoms with van der Waals surface area (Å²) in [7, 11) is 0. The van der Waals surface area contributed by atoms with Crippen LogP contribution in [0.4, 0.5) is 4.39 Å². The molecule has 0 saturated carbocycles. The van der Waals surface area contributed by atoms with Crippen molar-refractivity contribution in [3.05, 3.63) is 52.6 Å². The van der Waals surface area contributed by atoms with E-state index in [1.54, 1.807) is 4.90 Å². The Morgan fingerprint density at radius 3 is 2.44 bits per heavy atom. The SMILES string of the molecule is O=C(c1ccc(F)cc1)N1CCc2[nH]nc(C(=O)N3CCCC3)c2C1. The lowest BCUT2D eigenvalue weighted by Gasteiger charge is -2.27. The number of carbonyl (C=O) groups is 2. The number of H-pyrrole nitrogens is 1. The van der Waals surface area contributed by atoms with Crippen molar-refractivity contribution in [3.8, 4) is 0 Å². The van der Waals surface area contributed by atoms with Gasteiger partial charge in [0.05, 0.1) is 6.54 Å². The number of rotatable bonds is 2. The third-order valence-electron chi connectivity index (χ3n) is 4.91. The van der Waals surface area contributed by atoms with Gasteiger partial charge in [0.25, 0.3) is 11.8 Å². The first kappa shape index (κ1) is 15.8. The average molecular weight is 342 g/mol. The molecule has 1 aromatic heterocycles. The number of hydrogen-bond acceptors (Lipinski definition) is 3. The van der Waals surface area contributed by atoms with E-state index in [0.717, 1.165) is 37.2 Å². The third-order valence-corrected chi connectivity index (χ3v) is 4.91. The lowest BCUT2D eigenvalue weighted by molar-refractivity contribution is 0.0722. The standard InChI is InChI=1S/C18H19FN4O2/c19-13-5-3-12(4-6-13)17(24)23-10-7-15-14(11-23)16(21-20-15)18(25)22-8-1-2-9-22/h3-6H,1-2,7-11H2,(H,20,21). The van der Waals surface area contributed by atoms with Gasteiger partial charge in [0.2, 0.25) is 0 Å². The Kier molecular flexibility index (Phi) is 3.99. The Labute approximate surface area is 144 Å². The minimum atomic E-state index is -0.370. The summed E-state index contributed by atoms with van der Waals surface area (Å²) in [6.07, 6.45) is 2.67. The van der Waals surface area contributed by atoms with Gasteiger partial charge in [-0.2, -0.15) is 5.10 Å². The predicted octanol–water partition coefficient (Wildman–Crippen LogP) is 1.98. The minimum absolute atomic E-state index is 0.0638. The molecule has 0 radical (unpaired) electrons. The van der Waals surface area contributed by atoms with Crippen LogP contribution < -0.4 is 0 Å². The highest BCUT2D eigenvalue weighted by molar-refractivity contribution is 5.96. The van der Waals surface area contributed by atoms with E-state index in [9.17, 15) is 14.0 Å². The lowest BCUT2D eigenvalue weighted by Crippen LogP contribution is -2.37. The van der Waals surface area contributed by atoms with E-state index >= 15 is 0 Å². The number of amides is 2. The van der Waals surface area contributed by atoms with Gasteiger partial charge >= 0.3 is 0 Å². The van der Waals surface area contributed by atoms with Crippen molar-refractivity contribution in [1.29, 1.82) is 0 Å². The first-order valence-electron chi connectivity index (χ1n) is 8.54. The summed E-state index contributed by atoms with van der Waals surface area (Å²) in [4.78, 5) is 28.8. The van der Waals surface area contributed by atoms with Gasteiger partial charge in [0.15, 0.2) is 5.69 Å². The summed E-state index contributed by atoms with van der Waals surface area (Å²) in [5.74, 6) is -0.594. The molecule has 2 amide bonds. The molecule has 2 aliphatic heterocycles. The van der Waals surface area contributed by atoms with Crippen LogP contribution in [0.2, 0.25) is 0 Å². The molecule has 0 bridgehead atoms. The third kappa shape index (κ3) is 2.90. The Bertz CT molecular complexity index is 809. The van der Waals surface area contributed by atoms with Crippen molar-refractivity contribution in [1.82, 2.24) is 20.0 Å². The van der Waals surface area contributed by atoms with E-state index in [-0.39, 0.29) is 17.6 Å². The van der Waals surface area contributed by atoms with Gasteiger partial charge in [-0.25, -0.2) is 4.39 Å². The largest absolute Gasteiger partial charge is 0.337 e. The number of likely N-dealkylation sites (tertiary alicyclic amines) is 1. The van der Waals surface area contributed by atoms with Gasteiger partial charge in [-0.3, -0.25) is 14.7 Å². The van der Waals surface area contributed by atoms with Crippen LogP contribution in [0.1, 0.15) is 44.9 Å². The van der Waals surface area contributed by atoms with Crippen LogP contribution in [0.5, 0.6) is 0 Å². The van der Waals surface area contributed by atoms with E-state index < -0.39 is 0 Å². The summed E-state index contributed by atoms with van der Waals surface area (Å²) in [5, 5.41) is 7.17. The molecule has 2 aliphatic rings. The maximum Gasteiger partial charge on any atom is 0.274 e. The fourth-order valence-corrected chi connectivity index (χ4v) is 3.49. The number of carbonyl (C=O) groups excluding carboxylic acids is 2.